The maximum atomic E-state index is 13.0. The number of hydrogen-bond donors (Lipinski definition) is 1. The zero-order valence-corrected chi connectivity index (χ0v) is 12.5. The Morgan fingerprint density at radius 2 is 2.05 bits per heavy atom. The van der Waals surface area contributed by atoms with Crippen LogP contribution < -0.4 is 10.6 Å². The first-order chi connectivity index (χ1) is 10.1. The predicted molar refractivity (Wildman–Crippen MR) is 83.4 cm³/mol. The van der Waals surface area contributed by atoms with Crippen molar-refractivity contribution in [1.29, 1.82) is 0 Å². The molecule has 1 aliphatic heterocycles. The number of amides is 1. The van der Waals surface area contributed by atoms with Gasteiger partial charge in [-0.15, -0.1) is 0 Å². The number of aryl methyl sites for hydroxylation is 3. The number of hydrogen-bond acceptors (Lipinski definition) is 3. The van der Waals surface area contributed by atoms with Gasteiger partial charge >= 0.3 is 0 Å². The molecule has 0 bridgehead atoms. The number of rotatable bonds is 1. The molecule has 0 radical (unpaired) electrons. The van der Waals surface area contributed by atoms with Crippen LogP contribution in [0.15, 0.2) is 24.3 Å². The monoisotopic (exact) mass is 284 g/mol. The predicted octanol–water partition coefficient (Wildman–Crippen LogP) is 2.29. The van der Waals surface area contributed by atoms with Crippen LogP contribution in [0.25, 0.3) is 0 Å². The van der Waals surface area contributed by atoms with Crippen LogP contribution in [0.1, 0.15) is 34.6 Å². The summed E-state index contributed by atoms with van der Waals surface area (Å²) in [4.78, 5) is 14.8. The standard InChI is InChI=1S/C16H20N4O/c1-11-14(17)15(19(2)18-11)16(21)20-10-6-5-8-12-7-3-4-9-13(12)20/h3-4,7,9H,5-6,8,10,17H2,1-2H3. The van der Waals surface area contributed by atoms with Gasteiger partial charge in [-0.2, -0.15) is 5.10 Å². The van der Waals surface area contributed by atoms with E-state index in [4.69, 9.17) is 5.73 Å². The molecular weight excluding hydrogens is 264 g/mol. The van der Waals surface area contributed by atoms with Gasteiger partial charge < -0.3 is 10.6 Å². The largest absolute Gasteiger partial charge is 0.395 e. The van der Waals surface area contributed by atoms with Crippen molar-refractivity contribution in [2.24, 2.45) is 7.05 Å². The minimum absolute atomic E-state index is 0.0649. The molecule has 1 aliphatic rings. The third-order valence-electron chi connectivity index (χ3n) is 4.08. The fourth-order valence-electron chi connectivity index (χ4n) is 2.96. The second-order valence-corrected chi connectivity index (χ2v) is 5.51. The van der Waals surface area contributed by atoms with Gasteiger partial charge in [0.25, 0.3) is 5.91 Å². The van der Waals surface area contributed by atoms with E-state index in [-0.39, 0.29) is 5.91 Å². The molecule has 3 rings (SSSR count). The van der Waals surface area contributed by atoms with E-state index in [1.165, 1.54) is 5.56 Å². The lowest BCUT2D eigenvalue weighted by Gasteiger charge is -2.23. The number of nitrogen functional groups attached to an aromatic ring is 1. The smallest absolute Gasteiger partial charge is 0.278 e. The molecule has 110 valence electrons. The summed E-state index contributed by atoms with van der Waals surface area (Å²) in [6, 6.07) is 8.11. The van der Waals surface area contributed by atoms with E-state index in [0.717, 1.165) is 31.5 Å². The molecule has 0 fully saturated rings. The van der Waals surface area contributed by atoms with E-state index >= 15 is 0 Å². The lowest BCUT2D eigenvalue weighted by molar-refractivity contribution is 0.0979. The molecule has 5 heteroatoms. The first-order valence-corrected chi connectivity index (χ1v) is 7.28. The number of nitrogens with two attached hydrogens (primary N) is 1. The Morgan fingerprint density at radius 3 is 2.76 bits per heavy atom. The van der Waals surface area contributed by atoms with E-state index < -0.39 is 0 Å². The number of fused-ring (bicyclic) bond motifs is 1. The highest BCUT2D eigenvalue weighted by atomic mass is 16.2. The van der Waals surface area contributed by atoms with Crippen molar-refractivity contribution < 1.29 is 4.79 Å². The molecule has 1 aromatic heterocycles. The van der Waals surface area contributed by atoms with E-state index in [1.54, 1.807) is 11.7 Å². The van der Waals surface area contributed by atoms with Crippen LogP contribution in [-0.4, -0.2) is 22.2 Å². The summed E-state index contributed by atoms with van der Waals surface area (Å²) in [7, 11) is 1.76. The maximum Gasteiger partial charge on any atom is 0.278 e. The van der Waals surface area contributed by atoms with Crippen LogP contribution in [0.4, 0.5) is 11.4 Å². The highest BCUT2D eigenvalue weighted by Crippen LogP contribution is 2.28. The Kier molecular flexibility index (Phi) is 3.41. The summed E-state index contributed by atoms with van der Waals surface area (Å²) in [6.07, 6.45) is 3.11. The zero-order valence-electron chi connectivity index (χ0n) is 12.5. The molecular formula is C16H20N4O. The molecule has 0 spiro atoms. The molecule has 0 saturated carbocycles. The molecule has 0 saturated heterocycles. The molecule has 5 nitrogen and oxygen atoms in total. The summed E-state index contributed by atoms with van der Waals surface area (Å²) in [6.45, 7) is 2.54. The summed E-state index contributed by atoms with van der Waals surface area (Å²) >= 11 is 0. The Morgan fingerprint density at radius 1 is 1.29 bits per heavy atom. The number of carbonyl (C=O) groups is 1. The van der Waals surface area contributed by atoms with Crippen molar-refractivity contribution in [3.05, 3.63) is 41.2 Å². The highest BCUT2D eigenvalue weighted by Gasteiger charge is 2.27. The molecule has 21 heavy (non-hydrogen) atoms. The van der Waals surface area contributed by atoms with Crippen LogP contribution in [-0.2, 0) is 13.5 Å². The van der Waals surface area contributed by atoms with E-state index in [9.17, 15) is 4.79 Å². The quantitative estimate of drug-likeness (QED) is 0.874. The first kappa shape index (κ1) is 13.7. The SMILES string of the molecule is Cc1nn(C)c(C(=O)N2CCCCc3ccccc32)c1N. The van der Waals surface area contributed by atoms with Gasteiger partial charge in [0.2, 0.25) is 0 Å². The van der Waals surface area contributed by atoms with E-state index in [1.807, 2.05) is 30.0 Å². The minimum atomic E-state index is -0.0649. The average molecular weight is 284 g/mol. The lowest BCUT2D eigenvalue weighted by atomic mass is 10.1. The van der Waals surface area contributed by atoms with Gasteiger partial charge in [-0.05, 0) is 37.8 Å². The van der Waals surface area contributed by atoms with Crippen LogP contribution in [0.5, 0.6) is 0 Å². The van der Waals surface area contributed by atoms with Crippen molar-refractivity contribution in [2.75, 3.05) is 17.2 Å². The molecule has 0 atom stereocenters. The van der Waals surface area contributed by atoms with Crippen LogP contribution in [0.3, 0.4) is 0 Å². The summed E-state index contributed by atoms with van der Waals surface area (Å²) in [5, 5.41) is 4.25. The molecule has 2 aromatic rings. The fraction of sp³-hybridized carbons (Fsp3) is 0.375. The Bertz CT molecular complexity index is 690. The fourth-order valence-corrected chi connectivity index (χ4v) is 2.96. The summed E-state index contributed by atoms with van der Waals surface area (Å²) < 4.78 is 1.58. The molecule has 1 aromatic carbocycles. The van der Waals surface area contributed by atoms with Crippen LogP contribution >= 0.6 is 0 Å². The number of carbonyl (C=O) groups excluding carboxylic acids is 1. The highest BCUT2D eigenvalue weighted by molar-refractivity contribution is 6.08. The van der Waals surface area contributed by atoms with Gasteiger partial charge in [0.1, 0.15) is 5.69 Å². The number of benzene rings is 1. The number of para-hydroxylation sites is 1. The Balaban J connectivity index is 2.05. The molecule has 2 N–H and O–H groups in total. The van der Waals surface area contributed by atoms with Crippen molar-refractivity contribution in [2.45, 2.75) is 26.2 Å². The zero-order chi connectivity index (χ0) is 15.0. The lowest BCUT2D eigenvalue weighted by Crippen LogP contribution is -2.33. The summed E-state index contributed by atoms with van der Waals surface area (Å²) in [5.74, 6) is -0.0649. The van der Waals surface area contributed by atoms with Crippen molar-refractivity contribution >= 4 is 17.3 Å². The third-order valence-corrected chi connectivity index (χ3v) is 4.08. The Labute approximate surface area is 124 Å². The van der Waals surface area contributed by atoms with Gasteiger partial charge in [-0.1, -0.05) is 18.2 Å². The van der Waals surface area contributed by atoms with Gasteiger partial charge in [0.15, 0.2) is 0 Å². The number of anilines is 2. The van der Waals surface area contributed by atoms with Crippen LogP contribution in [0.2, 0.25) is 0 Å². The number of aromatic nitrogens is 2. The third kappa shape index (κ3) is 2.28. The minimum Gasteiger partial charge on any atom is -0.395 e. The number of nitrogens with zero attached hydrogens (tertiary/aromatic N) is 3. The first-order valence-electron chi connectivity index (χ1n) is 7.28. The second kappa shape index (κ2) is 5.24. The molecule has 0 aliphatic carbocycles. The van der Waals surface area contributed by atoms with Crippen molar-refractivity contribution in [3.8, 4) is 0 Å². The molecule has 1 amide bonds. The molecule has 2 heterocycles. The average Bonchev–Trinajstić information content (AvgIpc) is 2.66. The second-order valence-electron chi connectivity index (χ2n) is 5.51. The van der Waals surface area contributed by atoms with Gasteiger partial charge in [0, 0.05) is 19.3 Å². The van der Waals surface area contributed by atoms with Crippen molar-refractivity contribution in [3.63, 3.8) is 0 Å². The topological polar surface area (TPSA) is 64.2 Å². The maximum absolute atomic E-state index is 13.0. The summed E-state index contributed by atoms with van der Waals surface area (Å²) in [5.41, 5.74) is 9.91. The van der Waals surface area contributed by atoms with E-state index in [0.29, 0.717) is 17.1 Å². The molecule has 0 unspecified atom stereocenters. The Hall–Kier alpha value is -2.30. The van der Waals surface area contributed by atoms with E-state index in [2.05, 4.69) is 11.2 Å². The van der Waals surface area contributed by atoms with Crippen molar-refractivity contribution in [1.82, 2.24) is 9.78 Å². The van der Waals surface area contributed by atoms with Gasteiger partial charge in [0.05, 0.1) is 11.4 Å². The van der Waals surface area contributed by atoms with Crippen LogP contribution in [0, 0.1) is 6.92 Å². The normalized spacial score (nSPS) is 14.7. The van der Waals surface area contributed by atoms with Gasteiger partial charge in [-0.25, -0.2) is 0 Å². The van der Waals surface area contributed by atoms with Gasteiger partial charge in [-0.3, -0.25) is 9.48 Å².